The number of urea groups is 1. The molecule has 2 aliphatic heterocycles. The molecule has 39 heavy (non-hydrogen) atoms. The number of rotatable bonds is 5. The molecule has 2 fully saturated rings. The molecule has 2 aliphatic rings. The molecule has 1 spiro atoms. The number of hydrogen-bond donors (Lipinski definition) is 1. The van der Waals surface area contributed by atoms with E-state index in [1.54, 1.807) is 25.3 Å². The van der Waals surface area contributed by atoms with E-state index in [2.05, 4.69) is 4.98 Å². The highest BCUT2D eigenvalue weighted by molar-refractivity contribution is 5.87. The van der Waals surface area contributed by atoms with Crippen LogP contribution in [0.15, 0.2) is 42.9 Å². The number of aromatic nitrogens is 2. The maximum atomic E-state index is 14.2. The summed E-state index contributed by atoms with van der Waals surface area (Å²) in [6.07, 6.45) is 4.66. The maximum Gasteiger partial charge on any atom is 0.314 e. The lowest BCUT2D eigenvalue weighted by atomic mass is 9.68. The first-order chi connectivity index (χ1) is 18.6. The lowest BCUT2D eigenvalue weighted by Crippen LogP contribution is -2.53. The van der Waals surface area contributed by atoms with Crippen molar-refractivity contribution in [3.8, 4) is 11.4 Å². The summed E-state index contributed by atoms with van der Waals surface area (Å²) in [4.78, 5) is 33.8. The van der Waals surface area contributed by atoms with Gasteiger partial charge in [-0.15, -0.1) is 0 Å². The zero-order valence-corrected chi connectivity index (χ0v) is 22.0. The quantitative estimate of drug-likeness (QED) is 0.483. The first-order valence-electron chi connectivity index (χ1n) is 12.7. The second-order valence-electron chi connectivity index (χ2n) is 10.4. The molecule has 206 valence electrons. The summed E-state index contributed by atoms with van der Waals surface area (Å²) in [5.74, 6) is -4.24. The van der Waals surface area contributed by atoms with E-state index >= 15 is 0 Å². The Balaban J connectivity index is 1.53. The monoisotopic (exact) mass is 541 g/mol. The van der Waals surface area contributed by atoms with Crippen LogP contribution in [0, 0.1) is 29.8 Å². The van der Waals surface area contributed by atoms with Crippen LogP contribution < -0.4 is 10.5 Å². The van der Waals surface area contributed by atoms with Gasteiger partial charge in [0.2, 0.25) is 5.91 Å². The Bertz CT molecular complexity index is 1420. The maximum absolute atomic E-state index is 14.2. The van der Waals surface area contributed by atoms with Crippen molar-refractivity contribution in [2.45, 2.75) is 38.6 Å². The molecule has 2 aromatic carbocycles. The van der Waals surface area contributed by atoms with E-state index in [4.69, 9.17) is 10.5 Å². The van der Waals surface area contributed by atoms with Gasteiger partial charge in [0.15, 0.2) is 17.5 Å². The third kappa shape index (κ3) is 4.49. The van der Waals surface area contributed by atoms with Crippen LogP contribution in [0.2, 0.25) is 0 Å². The number of ether oxygens (including phenoxy) is 1. The number of carbonyl (C=O) groups is 2. The van der Waals surface area contributed by atoms with Crippen molar-refractivity contribution in [3.05, 3.63) is 77.1 Å². The standard InChI is InChI=1S/C28H30F3N5O3/c1-16-12-35(15-33-16)23-6-5-18(11-24(23)39-3)20-13-34(27(32)38)14-28(20)7-4-8-36(26(28)37)17(2)19-9-21(29)25(31)22(30)10-19/h5-6,9-12,15,17,20H,4,7-8,13-14H2,1-3H3,(H2,32,38)/t17-,20?,28?/m0/s1. The van der Waals surface area contributed by atoms with E-state index in [9.17, 15) is 22.8 Å². The Morgan fingerprint density at radius 2 is 1.92 bits per heavy atom. The normalized spacial score (nSPS) is 22.0. The SMILES string of the molecule is COc1cc(C2CN(C(N)=O)CC23CCCN([C@@H](C)c2cc(F)c(F)c(F)c2)C3=O)ccc1-n1cnc(C)c1. The number of amides is 3. The summed E-state index contributed by atoms with van der Waals surface area (Å²) in [5.41, 5.74) is 7.24. The van der Waals surface area contributed by atoms with Gasteiger partial charge >= 0.3 is 6.03 Å². The van der Waals surface area contributed by atoms with Gasteiger partial charge in [-0.05, 0) is 62.1 Å². The highest BCUT2D eigenvalue weighted by Gasteiger charge is 2.56. The van der Waals surface area contributed by atoms with E-state index in [0.717, 1.165) is 29.1 Å². The fourth-order valence-corrected chi connectivity index (χ4v) is 6.08. The van der Waals surface area contributed by atoms with Crippen LogP contribution >= 0.6 is 0 Å². The van der Waals surface area contributed by atoms with E-state index in [0.29, 0.717) is 25.1 Å². The lowest BCUT2D eigenvalue weighted by Gasteiger charge is -2.45. The molecule has 5 rings (SSSR count). The minimum atomic E-state index is -1.55. The predicted molar refractivity (Wildman–Crippen MR) is 137 cm³/mol. The average Bonchev–Trinajstić information content (AvgIpc) is 3.52. The molecule has 3 amide bonds. The topological polar surface area (TPSA) is 93.7 Å². The number of benzene rings is 2. The summed E-state index contributed by atoms with van der Waals surface area (Å²) in [6.45, 7) is 4.24. The predicted octanol–water partition coefficient (Wildman–Crippen LogP) is 4.45. The van der Waals surface area contributed by atoms with Crippen LogP contribution in [0.4, 0.5) is 18.0 Å². The minimum Gasteiger partial charge on any atom is -0.495 e. The number of carbonyl (C=O) groups excluding carboxylic acids is 2. The Morgan fingerprint density at radius 1 is 1.21 bits per heavy atom. The Kier molecular flexibility index (Phi) is 6.77. The zero-order chi connectivity index (χ0) is 28.1. The molecule has 0 saturated carbocycles. The fourth-order valence-electron chi connectivity index (χ4n) is 6.08. The molecular formula is C28H30F3N5O3. The smallest absolute Gasteiger partial charge is 0.314 e. The summed E-state index contributed by atoms with van der Waals surface area (Å²) < 4.78 is 49.2. The van der Waals surface area contributed by atoms with Crippen LogP contribution in [0.5, 0.6) is 5.75 Å². The molecule has 0 aliphatic carbocycles. The summed E-state index contributed by atoms with van der Waals surface area (Å²) in [7, 11) is 1.56. The molecule has 2 N–H and O–H groups in total. The molecule has 2 unspecified atom stereocenters. The Labute approximate surface area is 224 Å². The van der Waals surface area contributed by atoms with Gasteiger partial charge in [-0.1, -0.05) is 6.07 Å². The average molecular weight is 542 g/mol. The van der Waals surface area contributed by atoms with Crippen LogP contribution in [0.3, 0.4) is 0 Å². The van der Waals surface area contributed by atoms with Crippen molar-refractivity contribution < 1.29 is 27.5 Å². The van der Waals surface area contributed by atoms with Gasteiger partial charge < -0.3 is 24.8 Å². The third-order valence-electron chi connectivity index (χ3n) is 8.12. The Hall–Kier alpha value is -4.02. The number of halogens is 3. The number of nitrogens with zero attached hydrogens (tertiary/aromatic N) is 4. The molecular weight excluding hydrogens is 511 g/mol. The molecule has 0 bridgehead atoms. The van der Waals surface area contributed by atoms with Crippen molar-refractivity contribution in [3.63, 3.8) is 0 Å². The highest BCUT2D eigenvalue weighted by Crippen LogP contribution is 2.51. The van der Waals surface area contributed by atoms with Crippen LogP contribution in [0.25, 0.3) is 5.69 Å². The molecule has 1 aromatic heterocycles. The molecule has 11 heteroatoms. The molecule has 3 atom stereocenters. The highest BCUT2D eigenvalue weighted by atomic mass is 19.2. The van der Waals surface area contributed by atoms with Crippen LogP contribution in [-0.2, 0) is 4.79 Å². The van der Waals surface area contributed by atoms with Crippen LogP contribution in [-0.4, -0.2) is 58.0 Å². The first kappa shape index (κ1) is 26.6. The molecule has 3 heterocycles. The number of imidazole rings is 1. The number of hydrogen-bond acceptors (Lipinski definition) is 4. The van der Waals surface area contributed by atoms with E-state index < -0.39 is 40.9 Å². The summed E-state index contributed by atoms with van der Waals surface area (Å²) in [6, 6.07) is 6.14. The van der Waals surface area contributed by atoms with Gasteiger partial charge in [0, 0.05) is 31.7 Å². The first-order valence-corrected chi connectivity index (χ1v) is 12.7. The van der Waals surface area contributed by atoms with E-state index in [1.165, 1.54) is 4.90 Å². The van der Waals surface area contributed by atoms with Gasteiger partial charge in [-0.25, -0.2) is 22.9 Å². The van der Waals surface area contributed by atoms with Gasteiger partial charge in [0.1, 0.15) is 5.75 Å². The second kappa shape index (κ2) is 9.94. The molecule has 3 aromatic rings. The van der Waals surface area contributed by atoms with Gasteiger partial charge in [0.25, 0.3) is 0 Å². The van der Waals surface area contributed by atoms with Crippen molar-refractivity contribution in [1.29, 1.82) is 0 Å². The van der Waals surface area contributed by atoms with E-state index in [1.807, 2.05) is 35.9 Å². The summed E-state index contributed by atoms with van der Waals surface area (Å²) >= 11 is 0. The zero-order valence-electron chi connectivity index (χ0n) is 22.0. The van der Waals surface area contributed by atoms with Crippen molar-refractivity contribution in [2.75, 3.05) is 26.7 Å². The Morgan fingerprint density at radius 3 is 2.54 bits per heavy atom. The summed E-state index contributed by atoms with van der Waals surface area (Å²) in [5, 5.41) is 0. The van der Waals surface area contributed by atoms with Crippen molar-refractivity contribution in [1.82, 2.24) is 19.4 Å². The van der Waals surface area contributed by atoms with Gasteiger partial charge in [0.05, 0.1) is 36.3 Å². The van der Waals surface area contributed by atoms with E-state index in [-0.39, 0.29) is 24.6 Å². The number of likely N-dealkylation sites (tertiary alicyclic amines) is 2. The number of methoxy groups -OCH3 is 1. The van der Waals surface area contributed by atoms with Crippen molar-refractivity contribution in [2.24, 2.45) is 11.1 Å². The molecule has 2 saturated heterocycles. The molecule has 8 nitrogen and oxygen atoms in total. The second-order valence-corrected chi connectivity index (χ2v) is 10.4. The van der Waals surface area contributed by atoms with Crippen LogP contribution in [0.1, 0.15) is 48.5 Å². The molecule has 0 radical (unpaired) electrons. The minimum absolute atomic E-state index is 0.117. The van der Waals surface area contributed by atoms with Gasteiger partial charge in [-0.2, -0.15) is 0 Å². The third-order valence-corrected chi connectivity index (χ3v) is 8.12. The number of aryl methyl sites for hydroxylation is 1. The number of piperidine rings is 1. The lowest BCUT2D eigenvalue weighted by molar-refractivity contribution is -0.149. The number of nitrogens with two attached hydrogens (primary N) is 1. The fraction of sp³-hybridized carbons (Fsp3) is 0.393. The van der Waals surface area contributed by atoms with Gasteiger partial charge in [-0.3, -0.25) is 4.79 Å². The number of primary amides is 1. The largest absolute Gasteiger partial charge is 0.495 e. The van der Waals surface area contributed by atoms with Crippen molar-refractivity contribution >= 4 is 11.9 Å².